The molecule has 0 saturated carbocycles. The van der Waals surface area contributed by atoms with Gasteiger partial charge < -0.3 is 26.0 Å². The number of benzene rings is 3. The number of nitrogens with two attached hydrogens (primary N) is 1. The molecule has 1 aliphatic heterocycles. The van der Waals surface area contributed by atoms with E-state index in [9.17, 15) is 9.59 Å². The average molecular weight is 447 g/mol. The quantitative estimate of drug-likeness (QED) is 0.516. The average Bonchev–Trinajstić information content (AvgIpc) is 2.84. The molecule has 0 aliphatic carbocycles. The van der Waals surface area contributed by atoms with Crippen molar-refractivity contribution in [3.05, 3.63) is 77.4 Å². The summed E-state index contributed by atoms with van der Waals surface area (Å²) in [4.78, 5) is 27.1. The van der Waals surface area contributed by atoms with Crippen LogP contribution in [0.3, 0.4) is 0 Å². The summed E-state index contributed by atoms with van der Waals surface area (Å²) in [7, 11) is 0. The van der Waals surface area contributed by atoms with E-state index in [1.807, 2.05) is 55.5 Å². The molecule has 0 aromatic heterocycles. The highest BCUT2D eigenvalue weighted by Crippen LogP contribution is 2.25. The van der Waals surface area contributed by atoms with Crippen LogP contribution in [0.5, 0.6) is 5.75 Å². The lowest BCUT2D eigenvalue weighted by Gasteiger charge is -2.32. The zero-order valence-corrected chi connectivity index (χ0v) is 18.8. The summed E-state index contributed by atoms with van der Waals surface area (Å²) >= 11 is 0. The number of nitrogens with zero attached hydrogens (tertiary/aromatic N) is 1. The molecule has 0 radical (unpaired) electrons. The molecule has 4 N–H and O–H groups in total. The van der Waals surface area contributed by atoms with Gasteiger partial charge in [-0.1, -0.05) is 54.6 Å². The van der Waals surface area contributed by atoms with E-state index in [-0.39, 0.29) is 18.9 Å². The van der Waals surface area contributed by atoms with Crippen molar-refractivity contribution < 1.29 is 14.3 Å². The molecule has 4 rings (SSSR count). The van der Waals surface area contributed by atoms with Gasteiger partial charge in [0.25, 0.3) is 0 Å². The molecule has 3 aromatic carbocycles. The Bertz CT molecular complexity index is 1140. The van der Waals surface area contributed by atoms with Crippen molar-refractivity contribution in [3.63, 3.8) is 0 Å². The highest BCUT2D eigenvalue weighted by atomic mass is 16.6. The normalized spacial score (nSPS) is 16.1. The highest BCUT2D eigenvalue weighted by molar-refractivity contribution is 5.90. The number of hydrogen-bond acceptors (Lipinski definition) is 6. The van der Waals surface area contributed by atoms with Crippen LogP contribution < -0.4 is 21.1 Å². The summed E-state index contributed by atoms with van der Waals surface area (Å²) in [5.74, 6) is 0.546. The summed E-state index contributed by atoms with van der Waals surface area (Å²) < 4.78 is 5.69. The zero-order chi connectivity index (χ0) is 23.2. The van der Waals surface area contributed by atoms with Crippen molar-refractivity contribution in [1.82, 2.24) is 15.5 Å². The molecule has 1 heterocycles. The maximum atomic E-state index is 12.8. The monoisotopic (exact) mass is 446 g/mol. The lowest BCUT2D eigenvalue weighted by Crippen LogP contribution is -2.57. The minimum absolute atomic E-state index is 0.0213. The molecule has 1 aliphatic rings. The topological polar surface area (TPSA) is 96.7 Å². The van der Waals surface area contributed by atoms with Gasteiger partial charge in [0, 0.05) is 38.1 Å². The fourth-order valence-corrected chi connectivity index (χ4v) is 4.12. The minimum Gasteiger partial charge on any atom is -0.410 e. The van der Waals surface area contributed by atoms with E-state index in [0.717, 1.165) is 27.5 Å². The molecule has 1 fully saturated rings. The maximum absolute atomic E-state index is 12.8. The van der Waals surface area contributed by atoms with Crippen LogP contribution in [0.25, 0.3) is 10.8 Å². The molecule has 1 amide bonds. The van der Waals surface area contributed by atoms with Gasteiger partial charge in [-0.15, -0.1) is 0 Å². The summed E-state index contributed by atoms with van der Waals surface area (Å²) in [6, 6.07) is 19.1. The van der Waals surface area contributed by atoms with E-state index in [2.05, 4.69) is 16.7 Å². The number of ketones is 1. The molecule has 3 aromatic rings. The Morgan fingerprint density at radius 3 is 2.79 bits per heavy atom. The van der Waals surface area contributed by atoms with E-state index < -0.39 is 12.1 Å². The molecule has 7 heteroatoms. The number of aryl methyl sites for hydroxylation is 1. The van der Waals surface area contributed by atoms with Gasteiger partial charge in [0.1, 0.15) is 5.75 Å². The first kappa shape index (κ1) is 22.9. The largest absolute Gasteiger partial charge is 0.415 e. The van der Waals surface area contributed by atoms with E-state index in [4.69, 9.17) is 10.5 Å². The van der Waals surface area contributed by atoms with Crippen molar-refractivity contribution in [1.29, 1.82) is 0 Å². The summed E-state index contributed by atoms with van der Waals surface area (Å²) in [5.41, 5.74) is 9.10. The van der Waals surface area contributed by atoms with E-state index >= 15 is 0 Å². The van der Waals surface area contributed by atoms with Gasteiger partial charge >= 0.3 is 6.09 Å². The van der Waals surface area contributed by atoms with Gasteiger partial charge in [-0.05, 0) is 35.1 Å². The Morgan fingerprint density at radius 2 is 1.97 bits per heavy atom. The van der Waals surface area contributed by atoms with Gasteiger partial charge in [-0.25, -0.2) is 4.79 Å². The summed E-state index contributed by atoms with van der Waals surface area (Å²) in [6.07, 6.45) is -0.436. The minimum atomic E-state index is -0.436. The van der Waals surface area contributed by atoms with Crippen LogP contribution in [0.4, 0.5) is 4.79 Å². The van der Waals surface area contributed by atoms with Crippen LogP contribution in [-0.4, -0.2) is 49.0 Å². The number of ether oxygens (including phenoxy) is 1. The highest BCUT2D eigenvalue weighted by Gasteiger charge is 2.29. The van der Waals surface area contributed by atoms with Crippen molar-refractivity contribution in [2.45, 2.75) is 26.1 Å². The third-order valence-electron chi connectivity index (χ3n) is 6.02. The molecular weight excluding hydrogens is 416 g/mol. The fraction of sp³-hybridized carbons (Fsp3) is 0.308. The Hall–Kier alpha value is -3.26. The molecule has 0 unspecified atom stereocenters. The van der Waals surface area contributed by atoms with Gasteiger partial charge in [-0.3, -0.25) is 4.79 Å². The Morgan fingerprint density at radius 1 is 1.15 bits per heavy atom. The number of carbonyl (C=O) groups is 2. The van der Waals surface area contributed by atoms with Crippen molar-refractivity contribution in [2.75, 3.05) is 26.2 Å². The third kappa shape index (κ3) is 5.57. The molecule has 7 nitrogen and oxygen atoms in total. The van der Waals surface area contributed by atoms with Gasteiger partial charge in [0.05, 0.1) is 12.6 Å². The van der Waals surface area contributed by atoms with Gasteiger partial charge in [-0.2, -0.15) is 0 Å². The Balaban J connectivity index is 1.30. The first-order chi connectivity index (χ1) is 16.0. The number of carbonyl (C=O) groups excluding carboxylic acids is 2. The second kappa shape index (κ2) is 10.6. The number of rotatable bonds is 7. The van der Waals surface area contributed by atoms with Crippen LogP contribution in [0, 0.1) is 6.92 Å². The standard InChI is InChI=1S/C26H30N4O3/c1-18-13-19(9-10-21(18)14-27)15-28-16-24(31)23-17-30(12-11-29-23)26(32)33-25-8-4-6-20-5-2-3-7-22(20)25/h2-10,13,23,28-29H,11-12,14-17,27H2,1H3/t23-/m0/s1. The second-order valence-electron chi connectivity index (χ2n) is 8.33. The molecule has 33 heavy (non-hydrogen) atoms. The van der Waals surface area contributed by atoms with E-state index in [1.54, 1.807) is 11.0 Å². The molecular formula is C26H30N4O3. The predicted octanol–water partition coefficient (Wildman–Crippen LogP) is 2.74. The molecule has 0 bridgehead atoms. The number of Topliss-reactive ketones (excluding diaryl/α,β-unsaturated/α-hetero) is 1. The van der Waals surface area contributed by atoms with Crippen LogP contribution in [0.15, 0.2) is 60.7 Å². The maximum Gasteiger partial charge on any atom is 0.415 e. The summed E-state index contributed by atoms with van der Waals surface area (Å²) in [6.45, 7) is 4.70. The third-order valence-corrected chi connectivity index (χ3v) is 6.02. The second-order valence-corrected chi connectivity index (χ2v) is 8.33. The van der Waals surface area contributed by atoms with Crippen LogP contribution in [0.2, 0.25) is 0 Å². The van der Waals surface area contributed by atoms with Gasteiger partial charge in [0.15, 0.2) is 5.78 Å². The zero-order valence-electron chi connectivity index (χ0n) is 18.8. The van der Waals surface area contributed by atoms with Crippen molar-refractivity contribution >= 4 is 22.6 Å². The Labute approximate surface area is 193 Å². The van der Waals surface area contributed by atoms with Crippen molar-refractivity contribution in [3.8, 4) is 5.75 Å². The van der Waals surface area contributed by atoms with E-state index in [0.29, 0.717) is 31.9 Å². The number of nitrogens with one attached hydrogen (secondary N) is 2. The molecule has 0 spiro atoms. The summed E-state index contributed by atoms with van der Waals surface area (Å²) in [5, 5.41) is 8.32. The smallest absolute Gasteiger partial charge is 0.410 e. The first-order valence-corrected chi connectivity index (χ1v) is 11.2. The lowest BCUT2D eigenvalue weighted by atomic mass is 10.0. The van der Waals surface area contributed by atoms with Crippen molar-refractivity contribution in [2.24, 2.45) is 5.73 Å². The molecule has 1 saturated heterocycles. The number of piperazine rings is 1. The number of amides is 1. The lowest BCUT2D eigenvalue weighted by molar-refractivity contribution is -0.121. The SMILES string of the molecule is Cc1cc(CNCC(=O)[C@@H]2CN(C(=O)Oc3cccc4ccccc34)CCN2)ccc1CN. The van der Waals surface area contributed by atoms with Crippen LogP contribution >= 0.6 is 0 Å². The molecule has 172 valence electrons. The van der Waals surface area contributed by atoms with Crippen LogP contribution in [0.1, 0.15) is 16.7 Å². The fourth-order valence-electron chi connectivity index (χ4n) is 4.12. The first-order valence-electron chi connectivity index (χ1n) is 11.2. The number of hydrogen-bond donors (Lipinski definition) is 3. The number of fused-ring (bicyclic) bond motifs is 1. The Kier molecular flexibility index (Phi) is 7.34. The predicted molar refractivity (Wildman–Crippen MR) is 129 cm³/mol. The molecule has 1 atom stereocenters. The van der Waals surface area contributed by atoms with Crippen LogP contribution in [-0.2, 0) is 17.9 Å². The van der Waals surface area contributed by atoms with E-state index in [1.165, 1.54) is 0 Å². The van der Waals surface area contributed by atoms with Gasteiger partial charge in [0.2, 0.25) is 0 Å².